The number of nitrogens with zero attached hydrogens (tertiary/aromatic N) is 6. The predicted octanol–water partition coefficient (Wildman–Crippen LogP) is 2.81. The molecule has 9 nitrogen and oxygen atoms in total. The number of halogens is 3. The summed E-state index contributed by atoms with van der Waals surface area (Å²) < 4.78 is 43.2. The summed E-state index contributed by atoms with van der Waals surface area (Å²) >= 11 is 0. The van der Waals surface area contributed by atoms with Crippen molar-refractivity contribution in [3.8, 4) is 11.6 Å². The van der Waals surface area contributed by atoms with E-state index in [1.807, 2.05) is 4.90 Å². The Labute approximate surface area is 174 Å². The quantitative estimate of drug-likeness (QED) is 0.661. The Balaban J connectivity index is 1.38. The van der Waals surface area contributed by atoms with Crippen LogP contribution in [-0.2, 0) is 4.79 Å². The predicted molar refractivity (Wildman–Crippen MR) is 104 cm³/mol. The van der Waals surface area contributed by atoms with Gasteiger partial charge in [0.25, 0.3) is 0 Å². The standard InChI is InChI=1S/C19H18F3N7O2/c20-19(21,22)31-15-4-2-1-3-14(15)27-18(30)13-5-7-28(8-6-13)16-9-17(25-11-24-16)29-12-23-10-26-29/h1-4,9-13H,5-8H2,(H,27,30). The molecule has 1 N–H and O–H groups in total. The molecule has 4 rings (SSSR count). The molecule has 0 saturated carbocycles. The summed E-state index contributed by atoms with van der Waals surface area (Å²) in [5, 5.41) is 6.60. The average Bonchev–Trinajstić information content (AvgIpc) is 3.29. The number of benzene rings is 1. The molecule has 1 saturated heterocycles. The smallest absolute Gasteiger partial charge is 0.404 e. The molecule has 1 amide bonds. The summed E-state index contributed by atoms with van der Waals surface area (Å²) in [5.41, 5.74) is -0.0134. The maximum atomic E-state index is 12.6. The Morgan fingerprint density at radius 3 is 2.55 bits per heavy atom. The SMILES string of the molecule is O=C(Nc1ccccc1OC(F)(F)F)C1CCN(c2cc(-n3cncn3)ncn2)CC1. The van der Waals surface area contributed by atoms with Crippen molar-refractivity contribution in [2.24, 2.45) is 5.92 Å². The molecule has 0 radical (unpaired) electrons. The number of hydrogen-bond acceptors (Lipinski definition) is 7. The van der Waals surface area contributed by atoms with E-state index < -0.39 is 12.1 Å². The molecule has 31 heavy (non-hydrogen) atoms. The molecule has 0 spiro atoms. The zero-order valence-electron chi connectivity index (χ0n) is 16.2. The number of para-hydroxylation sites is 2. The van der Waals surface area contributed by atoms with Crippen LogP contribution in [0, 0.1) is 5.92 Å². The lowest BCUT2D eigenvalue weighted by Crippen LogP contribution is -2.38. The van der Waals surface area contributed by atoms with Gasteiger partial charge in [-0.2, -0.15) is 5.10 Å². The number of ether oxygens (including phenoxy) is 1. The third-order valence-electron chi connectivity index (χ3n) is 4.85. The van der Waals surface area contributed by atoms with Gasteiger partial charge in [0.15, 0.2) is 11.6 Å². The van der Waals surface area contributed by atoms with Crippen molar-refractivity contribution in [3.05, 3.63) is 49.3 Å². The van der Waals surface area contributed by atoms with E-state index in [4.69, 9.17) is 0 Å². The molecule has 0 atom stereocenters. The van der Waals surface area contributed by atoms with Gasteiger partial charge in [-0.3, -0.25) is 4.79 Å². The summed E-state index contributed by atoms with van der Waals surface area (Å²) in [6.07, 6.45) is 0.581. The number of hydrogen-bond donors (Lipinski definition) is 1. The number of carbonyl (C=O) groups is 1. The van der Waals surface area contributed by atoms with Crippen LogP contribution in [0.1, 0.15) is 12.8 Å². The van der Waals surface area contributed by atoms with Crippen LogP contribution in [0.3, 0.4) is 0 Å². The Morgan fingerprint density at radius 2 is 1.84 bits per heavy atom. The maximum Gasteiger partial charge on any atom is 0.573 e. The van der Waals surface area contributed by atoms with Gasteiger partial charge in [0.1, 0.15) is 24.8 Å². The van der Waals surface area contributed by atoms with Crippen LogP contribution >= 0.6 is 0 Å². The fourth-order valence-corrected chi connectivity index (χ4v) is 3.35. The number of amides is 1. The van der Waals surface area contributed by atoms with Gasteiger partial charge in [0, 0.05) is 25.1 Å². The lowest BCUT2D eigenvalue weighted by atomic mass is 9.95. The highest BCUT2D eigenvalue weighted by atomic mass is 19.4. The van der Waals surface area contributed by atoms with Gasteiger partial charge in [-0.25, -0.2) is 19.6 Å². The van der Waals surface area contributed by atoms with Crippen molar-refractivity contribution in [2.45, 2.75) is 19.2 Å². The molecule has 0 unspecified atom stereocenters. The lowest BCUT2D eigenvalue weighted by Gasteiger charge is -2.32. The van der Waals surface area contributed by atoms with Gasteiger partial charge >= 0.3 is 6.36 Å². The molecule has 2 aromatic heterocycles. The number of carbonyl (C=O) groups excluding carboxylic acids is 1. The first-order valence-electron chi connectivity index (χ1n) is 9.47. The highest BCUT2D eigenvalue weighted by molar-refractivity contribution is 5.94. The fourth-order valence-electron chi connectivity index (χ4n) is 3.35. The zero-order valence-corrected chi connectivity index (χ0v) is 16.2. The monoisotopic (exact) mass is 433 g/mol. The first-order valence-corrected chi connectivity index (χ1v) is 9.47. The second kappa shape index (κ2) is 8.58. The molecule has 162 valence electrons. The average molecular weight is 433 g/mol. The van der Waals surface area contributed by atoms with Crippen LogP contribution < -0.4 is 15.0 Å². The largest absolute Gasteiger partial charge is 0.573 e. The number of piperidine rings is 1. The van der Waals surface area contributed by atoms with Gasteiger partial charge in [-0.1, -0.05) is 12.1 Å². The van der Waals surface area contributed by atoms with Crippen molar-refractivity contribution in [1.29, 1.82) is 0 Å². The molecule has 3 aromatic rings. The summed E-state index contributed by atoms with van der Waals surface area (Å²) in [5.74, 6) is 0.144. The minimum Gasteiger partial charge on any atom is -0.404 e. The molecule has 1 fully saturated rings. The summed E-state index contributed by atoms with van der Waals surface area (Å²) in [7, 11) is 0. The van der Waals surface area contributed by atoms with E-state index in [1.165, 1.54) is 41.9 Å². The van der Waals surface area contributed by atoms with E-state index in [9.17, 15) is 18.0 Å². The number of alkyl halides is 3. The van der Waals surface area contributed by atoms with Crippen LogP contribution in [0.15, 0.2) is 49.3 Å². The molecule has 1 aliphatic heterocycles. The van der Waals surface area contributed by atoms with Crippen molar-refractivity contribution in [3.63, 3.8) is 0 Å². The van der Waals surface area contributed by atoms with Gasteiger partial charge in [0.05, 0.1) is 5.69 Å². The zero-order chi connectivity index (χ0) is 21.8. The van der Waals surface area contributed by atoms with Crippen LogP contribution in [0.2, 0.25) is 0 Å². The Morgan fingerprint density at radius 1 is 1.10 bits per heavy atom. The normalized spacial score (nSPS) is 15.0. The van der Waals surface area contributed by atoms with Crippen molar-refractivity contribution in [1.82, 2.24) is 24.7 Å². The molecule has 1 aliphatic rings. The molecule has 0 aliphatic carbocycles. The van der Waals surface area contributed by atoms with Gasteiger partial charge < -0.3 is 15.0 Å². The Hall–Kier alpha value is -3.70. The van der Waals surface area contributed by atoms with E-state index in [0.717, 1.165) is 6.07 Å². The minimum atomic E-state index is -4.84. The maximum absolute atomic E-state index is 12.6. The van der Waals surface area contributed by atoms with Crippen molar-refractivity contribution < 1.29 is 22.7 Å². The summed E-state index contributed by atoms with van der Waals surface area (Å²) in [6, 6.07) is 7.25. The third kappa shape index (κ3) is 5.08. The highest BCUT2D eigenvalue weighted by Gasteiger charge is 2.33. The number of nitrogens with one attached hydrogen (secondary N) is 1. The highest BCUT2D eigenvalue weighted by Crippen LogP contribution is 2.31. The van der Waals surface area contributed by atoms with E-state index >= 15 is 0 Å². The fraction of sp³-hybridized carbons (Fsp3) is 0.316. The Kier molecular flexibility index (Phi) is 5.69. The summed E-state index contributed by atoms with van der Waals surface area (Å²) in [6.45, 7) is 1.12. The van der Waals surface area contributed by atoms with Crippen LogP contribution in [0.5, 0.6) is 5.75 Å². The minimum absolute atomic E-state index is 0.0134. The summed E-state index contributed by atoms with van der Waals surface area (Å²) in [4.78, 5) is 27.0. The van der Waals surface area contributed by atoms with Crippen LogP contribution in [0.4, 0.5) is 24.7 Å². The van der Waals surface area contributed by atoms with Gasteiger partial charge in [-0.15, -0.1) is 13.2 Å². The molecule has 1 aromatic carbocycles. The third-order valence-corrected chi connectivity index (χ3v) is 4.85. The topological polar surface area (TPSA) is 98.1 Å². The van der Waals surface area contributed by atoms with E-state index in [2.05, 4.69) is 30.1 Å². The van der Waals surface area contributed by atoms with E-state index in [0.29, 0.717) is 37.6 Å². The van der Waals surface area contributed by atoms with Crippen LogP contribution in [0.25, 0.3) is 5.82 Å². The Bertz CT molecular complexity index is 1030. The number of aromatic nitrogens is 5. The van der Waals surface area contributed by atoms with Gasteiger partial charge in [-0.05, 0) is 25.0 Å². The molecule has 3 heterocycles. The lowest BCUT2D eigenvalue weighted by molar-refractivity contribution is -0.274. The molecular weight excluding hydrogens is 415 g/mol. The molecule has 0 bridgehead atoms. The van der Waals surface area contributed by atoms with E-state index in [-0.39, 0.29) is 17.5 Å². The second-order valence-corrected chi connectivity index (χ2v) is 6.87. The second-order valence-electron chi connectivity index (χ2n) is 6.87. The first-order chi connectivity index (χ1) is 14.9. The number of anilines is 2. The number of rotatable bonds is 5. The van der Waals surface area contributed by atoms with Crippen LogP contribution in [-0.4, -0.2) is 50.1 Å². The molecular formula is C19H18F3N7O2. The van der Waals surface area contributed by atoms with Gasteiger partial charge in [0.2, 0.25) is 5.91 Å². The molecule has 12 heteroatoms. The first kappa shape index (κ1) is 20.6. The van der Waals surface area contributed by atoms with E-state index in [1.54, 1.807) is 6.07 Å². The van der Waals surface area contributed by atoms with Crippen molar-refractivity contribution in [2.75, 3.05) is 23.3 Å². The van der Waals surface area contributed by atoms with Crippen molar-refractivity contribution >= 4 is 17.4 Å².